The van der Waals surface area contributed by atoms with E-state index in [-0.39, 0.29) is 6.04 Å². The zero-order chi connectivity index (χ0) is 13.8. The summed E-state index contributed by atoms with van der Waals surface area (Å²) in [5, 5.41) is 4.24. The van der Waals surface area contributed by atoms with Gasteiger partial charge in [-0.25, -0.2) is 9.67 Å². The van der Waals surface area contributed by atoms with E-state index < -0.39 is 0 Å². The first-order valence-electron chi connectivity index (χ1n) is 6.21. The van der Waals surface area contributed by atoms with Crippen LogP contribution in [0.25, 0.3) is 0 Å². The number of hydrogen-bond donors (Lipinski definition) is 2. The maximum Gasteiger partial charge on any atom is 0.138 e. The van der Waals surface area contributed by atoms with E-state index in [1.54, 1.807) is 6.33 Å². The Morgan fingerprint density at radius 1 is 1.42 bits per heavy atom. The Kier molecular flexibility index (Phi) is 4.68. The molecule has 3 N–H and O–H groups in total. The van der Waals surface area contributed by atoms with Crippen LogP contribution in [0.2, 0.25) is 0 Å². The van der Waals surface area contributed by atoms with Crippen molar-refractivity contribution in [1.29, 1.82) is 0 Å². The summed E-state index contributed by atoms with van der Waals surface area (Å²) in [5.74, 6) is 6.60. The number of benzene rings is 1. The highest BCUT2D eigenvalue weighted by molar-refractivity contribution is 9.10. The number of hydrogen-bond acceptors (Lipinski definition) is 4. The minimum atomic E-state index is 0.0131. The zero-order valence-corrected chi connectivity index (χ0v) is 12.6. The Morgan fingerprint density at radius 3 is 2.84 bits per heavy atom. The van der Waals surface area contributed by atoms with Crippen molar-refractivity contribution in [3.05, 3.63) is 46.5 Å². The molecule has 0 spiro atoms. The van der Waals surface area contributed by atoms with Gasteiger partial charge in [0.25, 0.3) is 0 Å². The van der Waals surface area contributed by atoms with Crippen molar-refractivity contribution < 1.29 is 0 Å². The predicted molar refractivity (Wildman–Crippen MR) is 78.3 cm³/mol. The number of aromatic nitrogens is 3. The van der Waals surface area contributed by atoms with Crippen LogP contribution in [-0.2, 0) is 6.42 Å². The number of rotatable bonds is 5. The van der Waals surface area contributed by atoms with Crippen molar-refractivity contribution in [3.8, 4) is 0 Å². The fourth-order valence-electron chi connectivity index (χ4n) is 2.03. The molecule has 0 radical (unpaired) electrons. The molecule has 102 valence electrons. The molecule has 5 nitrogen and oxygen atoms in total. The molecule has 0 amide bonds. The Bertz CT molecular complexity index is 537. The van der Waals surface area contributed by atoms with Crippen molar-refractivity contribution in [3.63, 3.8) is 0 Å². The molecule has 2 aromatic rings. The minimum absolute atomic E-state index is 0.0131. The van der Waals surface area contributed by atoms with Gasteiger partial charge < -0.3 is 0 Å². The molecule has 1 unspecified atom stereocenters. The van der Waals surface area contributed by atoms with Crippen molar-refractivity contribution in [1.82, 2.24) is 20.2 Å². The van der Waals surface area contributed by atoms with E-state index in [4.69, 9.17) is 5.84 Å². The van der Waals surface area contributed by atoms with Gasteiger partial charge in [-0.05, 0) is 31.5 Å². The third-order valence-electron chi connectivity index (χ3n) is 2.98. The van der Waals surface area contributed by atoms with Crippen molar-refractivity contribution in [2.45, 2.75) is 32.4 Å². The number of halogens is 1. The molecule has 0 bridgehead atoms. The highest BCUT2D eigenvalue weighted by Gasteiger charge is 2.16. The number of nitrogens with zero attached hydrogens (tertiary/aromatic N) is 3. The van der Waals surface area contributed by atoms with Crippen LogP contribution in [0.5, 0.6) is 0 Å². The SMILES string of the molecule is CC(C)n1ncnc1CC(NN)c1cccc(Br)c1. The van der Waals surface area contributed by atoms with Crippen LogP contribution in [0.1, 0.15) is 37.3 Å². The van der Waals surface area contributed by atoms with Gasteiger partial charge >= 0.3 is 0 Å². The van der Waals surface area contributed by atoms with E-state index in [2.05, 4.69) is 51.4 Å². The van der Waals surface area contributed by atoms with Crippen LogP contribution in [0.15, 0.2) is 35.1 Å². The van der Waals surface area contributed by atoms with E-state index in [1.807, 2.05) is 22.9 Å². The van der Waals surface area contributed by atoms with Gasteiger partial charge in [0.15, 0.2) is 0 Å². The van der Waals surface area contributed by atoms with E-state index in [1.165, 1.54) is 0 Å². The highest BCUT2D eigenvalue weighted by Crippen LogP contribution is 2.21. The Morgan fingerprint density at radius 2 is 2.21 bits per heavy atom. The number of nitrogens with one attached hydrogen (secondary N) is 1. The Hall–Kier alpha value is -1.24. The van der Waals surface area contributed by atoms with E-state index in [9.17, 15) is 0 Å². The first-order chi connectivity index (χ1) is 9.11. The lowest BCUT2D eigenvalue weighted by Gasteiger charge is -2.17. The fraction of sp³-hybridized carbons (Fsp3) is 0.385. The quantitative estimate of drug-likeness (QED) is 0.654. The normalized spacial score (nSPS) is 12.9. The summed E-state index contributed by atoms with van der Waals surface area (Å²) in [7, 11) is 0. The number of hydrazine groups is 1. The summed E-state index contributed by atoms with van der Waals surface area (Å²) in [6.07, 6.45) is 2.29. The average Bonchev–Trinajstić information content (AvgIpc) is 2.84. The minimum Gasteiger partial charge on any atom is -0.271 e. The Balaban J connectivity index is 2.22. The molecular weight excluding hydrogens is 306 g/mol. The van der Waals surface area contributed by atoms with Crippen molar-refractivity contribution in [2.24, 2.45) is 5.84 Å². The van der Waals surface area contributed by atoms with E-state index in [0.29, 0.717) is 12.5 Å². The lowest BCUT2D eigenvalue weighted by atomic mass is 10.0. The first-order valence-corrected chi connectivity index (χ1v) is 7.01. The molecule has 1 aromatic carbocycles. The highest BCUT2D eigenvalue weighted by atomic mass is 79.9. The molecule has 0 saturated carbocycles. The van der Waals surface area contributed by atoms with Gasteiger partial charge in [0.1, 0.15) is 12.2 Å². The molecule has 0 aliphatic rings. The average molecular weight is 324 g/mol. The van der Waals surface area contributed by atoms with Crippen LogP contribution in [0, 0.1) is 0 Å². The molecule has 1 heterocycles. The molecule has 1 atom stereocenters. The third kappa shape index (κ3) is 3.40. The largest absolute Gasteiger partial charge is 0.271 e. The monoisotopic (exact) mass is 323 g/mol. The second-order valence-corrected chi connectivity index (χ2v) is 5.61. The van der Waals surface area contributed by atoms with Crippen molar-refractivity contribution >= 4 is 15.9 Å². The lowest BCUT2D eigenvalue weighted by molar-refractivity contribution is 0.468. The van der Waals surface area contributed by atoms with E-state index >= 15 is 0 Å². The zero-order valence-electron chi connectivity index (χ0n) is 11.0. The summed E-state index contributed by atoms with van der Waals surface area (Å²) >= 11 is 3.47. The van der Waals surface area contributed by atoms with Gasteiger partial charge in [-0.2, -0.15) is 5.10 Å². The lowest BCUT2D eigenvalue weighted by Crippen LogP contribution is -2.30. The fourth-order valence-corrected chi connectivity index (χ4v) is 2.45. The second kappa shape index (κ2) is 6.27. The second-order valence-electron chi connectivity index (χ2n) is 4.69. The first kappa shape index (κ1) is 14.2. The molecule has 0 aliphatic carbocycles. The molecule has 19 heavy (non-hydrogen) atoms. The number of nitrogens with two attached hydrogens (primary N) is 1. The topological polar surface area (TPSA) is 68.8 Å². The maximum atomic E-state index is 5.67. The molecule has 1 aromatic heterocycles. The Labute approximate surface area is 121 Å². The smallest absolute Gasteiger partial charge is 0.138 e. The molecule has 0 aliphatic heterocycles. The summed E-state index contributed by atoms with van der Waals surface area (Å²) in [6, 6.07) is 8.40. The van der Waals surface area contributed by atoms with Gasteiger partial charge in [-0.15, -0.1) is 0 Å². The molecule has 0 saturated heterocycles. The van der Waals surface area contributed by atoms with Crippen LogP contribution in [0.3, 0.4) is 0 Å². The molecule has 2 rings (SSSR count). The van der Waals surface area contributed by atoms with Crippen LogP contribution in [-0.4, -0.2) is 14.8 Å². The predicted octanol–water partition coefficient (Wildman–Crippen LogP) is 2.37. The molecule has 0 fully saturated rings. The van der Waals surface area contributed by atoms with Gasteiger partial charge in [0.2, 0.25) is 0 Å². The summed E-state index contributed by atoms with van der Waals surface area (Å²) in [4.78, 5) is 4.32. The summed E-state index contributed by atoms with van der Waals surface area (Å²) in [6.45, 7) is 4.17. The van der Waals surface area contributed by atoms with Gasteiger partial charge in [-0.3, -0.25) is 11.3 Å². The van der Waals surface area contributed by atoms with Gasteiger partial charge in [-0.1, -0.05) is 28.1 Å². The van der Waals surface area contributed by atoms with Gasteiger partial charge in [0, 0.05) is 16.9 Å². The summed E-state index contributed by atoms with van der Waals surface area (Å²) < 4.78 is 2.96. The molecular formula is C13H18BrN5. The van der Waals surface area contributed by atoms with Gasteiger partial charge in [0.05, 0.1) is 6.04 Å². The summed E-state index contributed by atoms with van der Waals surface area (Å²) in [5.41, 5.74) is 3.97. The third-order valence-corrected chi connectivity index (χ3v) is 3.47. The van der Waals surface area contributed by atoms with E-state index in [0.717, 1.165) is 15.9 Å². The maximum absolute atomic E-state index is 5.67. The van der Waals surface area contributed by atoms with Crippen LogP contribution >= 0.6 is 15.9 Å². The van der Waals surface area contributed by atoms with Crippen LogP contribution in [0.4, 0.5) is 0 Å². The van der Waals surface area contributed by atoms with Crippen molar-refractivity contribution in [2.75, 3.05) is 0 Å². The van der Waals surface area contributed by atoms with Crippen LogP contribution < -0.4 is 11.3 Å². The molecule has 6 heteroatoms. The standard InChI is InChI=1S/C13H18BrN5/c1-9(2)19-13(16-8-17-19)7-12(18-15)10-4-3-5-11(14)6-10/h3-6,8-9,12,18H,7,15H2,1-2H3.